The Hall–Kier alpha value is -2.45. The first-order valence-corrected chi connectivity index (χ1v) is 8.10. The molecule has 122 valence electrons. The molecule has 0 heterocycles. The normalized spacial score (nSPS) is 11.2. The number of nitrogens with two attached hydrogens (primary N) is 1. The number of primary amides is 1. The SMILES string of the molecule is NC(=O)COc1ccc(S(=O)(=O)NCc2ccc(F)cc2)cc1. The maximum atomic E-state index is 12.8. The largest absolute Gasteiger partial charge is 0.484 e. The van der Waals surface area contributed by atoms with Crippen LogP contribution in [-0.4, -0.2) is 20.9 Å². The van der Waals surface area contributed by atoms with Crippen LogP contribution in [0.3, 0.4) is 0 Å². The zero-order chi connectivity index (χ0) is 16.9. The fraction of sp³-hybridized carbons (Fsp3) is 0.133. The predicted molar refractivity (Wildman–Crippen MR) is 81.6 cm³/mol. The summed E-state index contributed by atoms with van der Waals surface area (Å²) in [5.41, 5.74) is 5.59. The first kappa shape index (κ1) is 16.9. The van der Waals surface area contributed by atoms with Gasteiger partial charge in [0.2, 0.25) is 10.0 Å². The molecule has 6 nitrogen and oxygen atoms in total. The summed E-state index contributed by atoms with van der Waals surface area (Å²) in [6.45, 7) is -0.239. The summed E-state index contributed by atoms with van der Waals surface area (Å²) in [5.74, 6) is -0.674. The van der Waals surface area contributed by atoms with Gasteiger partial charge in [0.05, 0.1) is 4.90 Å². The van der Waals surface area contributed by atoms with E-state index in [4.69, 9.17) is 10.5 Å². The third-order valence-corrected chi connectivity index (χ3v) is 4.31. The molecular formula is C15H15FN2O4S. The van der Waals surface area contributed by atoms with Crippen molar-refractivity contribution in [2.45, 2.75) is 11.4 Å². The number of nitrogens with one attached hydrogen (secondary N) is 1. The summed E-state index contributed by atoms with van der Waals surface area (Å²) >= 11 is 0. The number of halogens is 1. The van der Waals surface area contributed by atoms with Gasteiger partial charge in [0.25, 0.3) is 5.91 Å². The Labute approximate surface area is 133 Å². The Morgan fingerprint density at radius 3 is 2.26 bits per heavy atom. The van der Waals surface area contributed by atoms with Gasteiger partial charge in [0, 0.05) is 6.54 Å². The molecule has 0 aliphatic rings. The predicted octanol–water partition coefficient (Wildman–Crippen LogP) is 1.17. The fourth-order valence-electron chi connectivity index (χ4n) is 1.73. The molecular weight excluding hydrogens is 323 g/mol. The van der Waals surface area contributed by atoms with Gasteiger partial charge >= 0.3 is 0 Å². The van der Waals surface area contributed by atoms with Crippen molar-refractivity contribution >= 4 is 15.9 Å². The Bertz CT molecular complexity index is 774. The molecule has 1 amide bonds. The van der Waals surface area contributed by atoms with Gasteiger partial charge in [-0.1, -0.05) is 12.1 Å². The van der Waals surface area contributed by atoms with Crippen molar-refractivity contribution < 1.29 is 22.3 Å². The second-order valence-electron chi connectivity index (χ2n) is 4.68. The van der Waals surface area contributed by atoms with E-state index in [0.717, 1.165) is 0 Å². The molecule has 0 fully saturated rings. The van der Waals surface area contributed by atoms with Crippen molar-refractivity contribution in [3.63, 3.8) is 0 Å². The van der Waals surface area contributed by atoms with Gasteiger partial charge in [-0.15, -0.1) is 0 Å². The number of hydrogen-bond acceptors (Lipinski definition) is 4. The van der Waals surface area contributed by atoms with Gasteiger partial charge in [0.15, 0.2) is 6.61 Å². The molecule has 3 N–H and O–H groups in total. The molecule has 0 aromatic heterocycles. The highest BCUT2D eigenvalue weighted by atomic mass is 32.2. The van der Waals surface area contributed by atoms with Crippen LogP contribution in [0.1, 0.15) is 5.56 Å². The van der Waals surface area contributed by atoms with Gasteiger partial charge < -0.3 is 10.5 Å². The standard InChI is InChI=1S/C15H15FN2O4S/c16-12-3-1-11(2-4-12)9-18-23(20,21)14-7-5-13(6-8-14)22-10-15(17)19/h1-8,18H,9-10H2,(H2,17,19). The lowest BCUT2D eigenvalue weighted by molar-refractivity contribution is -0.119. The maximum absolute atomic E-state index is 12.8. The van der Waals surface area contributed by atoms with E-state index >= 15 is 0 Å². The van der Waals surface area contributed by atoms with Crippen LogP contribution in [0.2, 0.25) is 0 Å². The van der Waals surface area contributed by atoms with Crippen molar-refractivity contribution in [1.82, 2.24) is 4.72 Å². The molecule has 2 rings (SSSR count). The van der Waals surface area contributed by atoms with E-state index in [9.17, 15) is 17.6 Å². The summed E-state index contributed by atoms with van der Waals surface area (Å²) in [6, 6.07) is 11.1. The van der Waals surface area contributed by atoms with Crippen LogP contribution in [0.4, 0.5) is 4.39 Å². The number of hydrogen-bond donors (Lipinski definition) is 2. The molecule has 0 aliphatic carbocycles. The number of carbonyl (C=O) groups is 1. The molecule has 0 unspecified atom stereocenters. The van der Waals surface area contributed by atoms with Crippen LogP contribution >= 0.6 is 0 Å². The number of benzene rings is 2. The second-order valence-corrected chi connectivity index (χ2v) is 6.44. The van der Waals surface area contributed by atoms with Crippen molar-refractivity contribution in [3.8, 4) is 5.75 Å². The summed E-state index contributed by atoms with van der Waals surface area (Å²) in [7, 11) is -3.71. The van der Waals surface area contributed by atoms with Gasteiger partial charge in [-0.3, -0.25) is 4.79 Å². The minimum absolute atomic E-state index is 0.0442. The number of rotatable bonds is 7. The maximum Gasteiger partial charge on any atom is 0.255 e. The average Bonchev–Trinajstić information content (AvgIpc) is 2.53. The van der Waals surface area contributed by atoms with Crippen LogP contribution < -0.4 is 15.2 Å². The highest BCUT2D eigenvalue weighted by Crippen LogP contribution is 2.16. The van der Waals surface area contributed by atoms with Crippen molar-refractivity contribution in [1.29, 1.82) is 0 Å². The van der Waals surface area contributed by atoms with E-state index in [1.165, 1.54) is 48.5 Å². The van der Waals surface area contributed by atoms with E-state index < -0.39 is 15.9 Å². The van der Waals surface area contributed by atoms with Crippen LogP contribution in [0.25, 0.3) is 0 Å². The number of sulfonamides is 1. The Morgan fingerprint density at radius 1 is 1.09 bits per heavy atom. The summed E-state index contributed by atoms with van der Waals surface area (Å²) in [6.07, 6.45) is 0. The molecule has 2 aromatic carbocycles. The third-order valence-electron chi connectivity index (χ3n) is 2.89. The highest BCUT2D eigenvalue weighted by Gasteiger charge is 2.13. The molecule has 8 heteroatoms. The second kappa shape index (κ2) is 7.21. The Morgan fingerprint density at radius 2 is 1.70 bits per heavy atom. The summed E-state index contributed by atoms with van der Waals surface area (Å²) < 4.78 is 44.6. The summed E-state index contributed by atoms with van der Waals surface area (Å²) in [4.78, 5) is 10.7. The number of amides is 1. The molecule has 0 spiro atoms. The molecule has 0 saturated heterocycles. The molecule has 23 heavy (non-hydrogen) atoms. The van der Waals surface area contributed by atoms with Crippen molar-refractivity contribution in [2.75, 3.05) is 6.61 Å². The average molecular weight is 338 g/mol. The van der Waals surface area contributed by atoms with Crippen molar-refractivity contribution in [3.05, 3.63) is 59.9 Å². The fourth-order valence-corrected chi connectivity index (χ4v) is 2.75. The quantitative estimate of drug-likeness (QED) is 0.791. The minimum Gasteiger partial charge on any atom is -0.484 e. The molecule has 0 radical (unpaired) electrons. The minimum atomic E-state index is -3.71. The van der Waals surface area contributed by atoms with E-state index in [0.29, 0.717) is 11.3 Å². The Balaban J connectivity index is 2.01. The first-order chi connectivity index (χ1) is 10.9. The first-order valence-electron chi connectivity index (χ1n) is 6.62. The van der Waals surface area contributed by atoms with Gasteiger partial charge in [-0.05, 0) is 42.0 Å². The van der Waals surface area contributed by atoms with Crippen LogP contribution in [0.5, 0.6) is 5.75 Å². The smallest absolute Gasteiger partial charge is 0.255 e. The zero-order valence-corrected chi connectivity index (χ0v) is 12.8. The lowest BCUT2D eigenvalue weighted by Crippen LogP contribution is -2.23. The lowest BCUT2D eigenvalue weighted by Gasteiger charge is -2.08. The zero-order valence-electron chi connectivity index (χ0n) is 12.0. The van der Waals surface area contributed by atoms with E-state index in [2.05, 4.69) is 4.72 Å². The third kappa shape index (κ3) is 5.04. The topological polar surface area (TPSA) is 98.5 Å². The number of carbonyl (C=O) groups excluding carboxylic acids is 1. The van der Waals surface area contributed by atoms with Gasteiger partial charge in [-0.25, -0.2) is 17.5 Å². The molecule has 2 aromatic rings. The summed E-state index contributed by atoms with van der Waals surface area (Å²) in [5, 5.41) is 0. The van der Waals surface area contributed by atoms with E-state index in [1.54, 1.807) is 0 Å². The number of ether oxygens (including phenoxy) is 1. The van der Waals surface area contributed by atoms with E-state index in [-0.39, 0.29) is 23.9 Å². The van der Waals surface area contributed by atoms with Crippen LogP contribution in [0, 0.1) is 5.82 Å². The monoisotopic (exact) mass is 338 g/mol. The molecule has 0 atom stereocenters. The van der Waals surface area contributed by atoms with Gasteiger partial charge in [-0.2, -0.15) is 0 Å². The van der Waals surface area contributed by atoms with E-state index in [1.807, 2.05) is 0 Å². The van der Waals surface area contributed by atoms with Crippen molar-refractivity contribution in [2.24, 2.45) is 5.73 Å². The highest BCUT2D eigenvalue weighted by molar-refractivity contribution is 7.89. The van der Waals surface area contributed by atoms with Crippen LogP contribution in [-0.2, 0) is 21.4 Å². The molecule has 0 bridgehead atoms. The lowest BCUT2D eigenvalue weighted by atomic mass is 10.2. The molecule has 0 aliphatic heterocycles. The Kier molecular flexibility index (Phi) is 5.30. The van der Waals surface area contributed by atoms with Crippen LogP contribution in [0.15, 0.2) is 53.4 Å². The van der Waals surface area contributed by atoms with Gasteiger partial charge in [0.1, 0.15) is 11.6 Å². The molecule has 0 saturated carbocycles.